The summed E-state index contributed by atoms with van der Waals surface area (Å²) in [4.78, 5) is 15.6. The number of carbonyl (C=O) groups excluding carboxylic acids is 1. The minimum absolute atomic E-state index is 0.107. The number of halogens is 1. The van der Waals surface area contributed by atoms with Gasteiger partial charge in [-0.2, -0.15) is 0 Å². The lowest BCUT2D eigenvalue weighted by atomic mass is 10.0. The summed E-state index contributed by atoms with van der Waals surface area (Å²) < 4.78 is 18.1. The number of likely N-dealkylation sites (tertiary alicyclic amines) is 1. The first kappa shape index (κ1) is 15.7. The predicted octanol–water partition coefficient (Wildman–Crippen LogP) is 0.729. The number of carbonyl (C=O) groups is 1. The van der Waals surface area contributed by atoms with Gasteiger partial charge in [-0.3, -0.25) is 4.79 Å². The van der Waals surface area contributed by atoms with Crippen molar-refractivity contribution < 1.29 is 19.0 Å². The van der Waals surface area contributed by atoms with Gasteiger partial charge >= 0.3 is 0 Å². The summed E-state index contributed by atoms with van der Waals surface area (Å²) in [5.41, 5.74) is -0.852. The number of hydrogen-bond acceptors (Lipinski definition) is 4. The van der Waals surface area contributed by atoms with Crippen LogP contribution in [-0.2, 0) is 4.79 Å². The zero-order valence-corrected chi connectivity index (χ0v) is 12.4. The molecule has 1 saturated heterocycles. The highest BCUT2D eigenvalue weighted by molar-refractivity contribution is 5.78. The SMILES string of the molecule is CN(C)C[C@@]1(O)CCN(C(=O)COc2ccc(F)cc2)C1. The maximum Gasteiger partial charge on any atom is 0.260 e. The summed E-state index contributed by atoms with van der Waals surface area (Å²) >= 11 is 0. The lowest BCUT2D eigenvalue weighted by Crippen LogP contribution is -2.44. The Balaban J connectivity index is 1.83. The van der Waals surface area contributed by atoms with Crippen molar-refractivity contribution in [3.63, 3.8) is 0 Å². The van der Waals surface area contributed by atoms with Crippen molar-refractivity contribution in [1.29, 1.82) is 0 Å². The third kappa shape index (κ3) is 4.41. The number of β-amino-alcohol motifs (C(OH)–C–C–N with tert-alkyl or cyclic N) is 1. The van der Waals surface area contributed by atoms with Gasteiger partial charge in [0.2, 0.25) is 0 Å². The van der Waals surface area contributed by atoms with E-state index in [0.717, 1.165) is 0 Å². The molecule has 0 spiro atoms. The molecule has 21 heavy (non-hydrogen) atoms. The number of nitrogens with zero attached hydrogens (tertiary/aromatic N) is 2. The average molecular weight is 296 g/mol. The summed E-state index contributed by atoms with van der Waals surface area (Å²) in [6, 6.07) is 5.53. The van der Waals surface area contributed by atoms with E-state index >= 15 is 0 Å². The van der Waals surface area contributed by atoms with E-state index in [2.05, 4.69) is 0 Å². The molecule has 0 bridgehead atoms. The molecule has 1 aliphatic rings. The van der Waals surface area contributed by atoms with Crippen molar-refractivity contribution in [1.82, 2.24) is 9.80 Å². The van der Waals surface area contributed by atoms with Gasteiger partial charge in [0, 0.05) is 13.1 Å². The Morgan fingerprint density at radius 1 is 1.43 bits per heavy atom. The first-order chi connectivity index (χ1) is 9.88. The Hall–Kier alpha value is -1.66. The Bertz CT molecular complexity index is 492. The molecule has 6 heteroatoms. The van der Waals surface area contributed by atoms with Crippen LogP contribution in [0.4, 0.5) is 4.39 Å². The lowest BCUT2D eigenvalue weighted by molar-refractivity contribution is -0.133. The van der Waals surface area contributed by atoms with Crippen molar-refractivity contribution in [3.05, 3.63) is 30.1 Å². The van der Waals surface area contributed by atoms with Crippen LogP contribution in [0.3, 0.4) is 0 Å². The van der Waals surface area contributed by atoms with E-state index in [4.69, 9.17) is 4.74 Å². The van der Waals surface area contributed by atoms with Crippen LogP contribution in [-0.4, -0.2) is 66.8 Å². The summed E-state index contributed by atoms with van der Waals surface area (Å²) in [5.74, 6) is -0.0662. The molecule has 1 aromatic carbocycles. The molecule has 0 unspecified atom stereocenters. The lowest BCUT2D eigenvalue weighted by Gasteiger charge is -2.26. The second-order valence-electron chi connectivity index (χ2n) is 5.77. The normalized spacial score (nSPS) is 21.9. The maximum atomic E-state index is 12.8. The first-order valence-electron chi connectivity index (χ1n) is 6.91. The maximum absolute atomic E-state index is 12.8. The molecule has 0 saturated carbocycles. The molecule has 1 fully saturated rings. The fourth-order valence-electron chi connectivity index (χ4n) is 2.55. The summed E-state index contributed by atoms with van der Waals surface area (Å²) in [6.07, 6.45) is 0.563. The highest BCUT2D eigenvalue weighted by Crippen LogP contribution is 2.22. The average Bonchev–Trinajstić information content (AvgIpc) is 2.79. The second-order valence-corrected chi connectivity index (χ2v) is 5.77. The highest BCUT2D eigenvalue weighted by Gasteiger charge is 2.38. The number of amides is 1. The molecule has 0 aliphatic carbocycles. The van der Waals surface area contributed by atoms with E-state index in [-0.39, 0.29) is 18.3 Å². The molecule has 5 nitrogen and oxygen atoms in total. The van der Waals surface area contributed by atoms with Crippen molar-refractivity contribution in [3.8, 4) is 5.75 Å². The van der Waals surface area contributed by atoms with Crippen LogP contribution in [0, 0.1) is 5.82 Å². The number of ether oxygens (including phenoxy) is 1. The van der Waals surface area contributed by atoms with Crippen molar-refractivity contribution in [2.45, 2.75) is 12.0 Å². The van der Waals surface area contributed by atoms with E-state index in [9.17, 15) is 14.3 Å². The van der Waals surface area contributed by atoms with Crippen LogP contribution < -0.4 is 4.74 Å². The summed E-state index contributed by atoms with van der Waals surface area (Å²) in [6.45, 7) is 1.26. The monoisotopic (exact) mass is 296 g/mol. The third-order valence-corrected chi connectivity index (χ3v) is 3.47. The van der Waals surface area contributed by atoms with Crippen LogP contribution in [0.25, 0.3) is 0 Å². The van der Waals surface area contributed by atoms with Crippen LogP contribution in [0.1, 0.15) is 6.42 Å². The van der Waals surface area contributed by atoms with E-state index in [1.807, 2.05) is 19.0 Å². The van der Waals surface area contributed by atoms with Crippen molar-refractivity contribution in [2.75, 3.05) is 40.3 Å². The molecular formula is C15H21FN2O3. The predicted molar refractivity (Wildman–Crippen MR) is 76.6 cm³/mol. The zero-order valence-electron chi connectivity index (χ0n) is 12.4. The summed E-state index contributed by atoms with van der Waals surface area (Å²) in [7, 11) is 3.78. The molecule has 1 N–H and O–H groups in total. The minimum Gasteiger partial charge on any atom is -0.484 e. The molecule has 1 aliphatic heterocycles. The fourth-order valence-corrected chi connectivity index (χ4v) is 2.55. The summed E-state index contributed by atoms with van der Waals surface area (Å²) in [5, 5.41) is 10.4. The number of benzene rings is 1. The van der Waals surface area contributed by atoms with E-state index in [1.165, 1.54) is 24.3 Å². The van der Waals surface area contributed by atoms with Gasteiger partial charge in [0.1, 0.15) is 11.6 Å². The third-order valence-electron chi connectivity index (χ3n) is 3.47. The Labute approximate surface area is 123 Å². The van der Waals surface area contributed by atoms with Gasteiger partial charge in [0.25, 0.3) is 5.91 Å². The van der Waals surface area contributed by atoms with Crippen LogP contribution in [0.2, 0.25) is 0 Å². The minimum atomic E-state index is -0.852. The first-order valence-corrected chi connectivity index (χ1v) is 6.91. The molecular weight excluding hydrogens is 275 g/mol. The van der Waals surface area contributed by atoms with E-state index in [1.54, 1.807) is 4.90 Å². The molecule has 1 amide bonds. The molecule has 1 heterocycles. The number of hydrogen-bond donors (Lipinski definition) is 1. The molecule has 2 rings (SSSR count). The number of aliphatic hydroxyl groups is 1. The zero-order chi connectivity index (χ0) is 15.5. The molecule has 1 atom stereocenters. The van der Waals surface area contributed by atoms with Gasteiger partial charge in [0.05, 0.1) is 12.1 Å². The Morgan fingerprint density at radius 2 is 2.10 bits per heavy atom. The smallest absolute Gasteiger partial charge is 0.260 e. The molecule has 0 aromatic heterocycles. The van der Waals surface area contributed by atoms with Gasteiger partial charge in [-0.05, 0) is 44.8 Å². The Kier molecular flexibility index (Phi) is 4.80. The fraction of sp³-hybridized carbons (Fsp3) is 0.533. The van der Waals surface area contributed by atoms with Gasteiger partial charge in [-0.25, -0.2) is 4.39 Å². The van der Waals surface area contributed by atoms with Gasteiger partial charge < -0.3 is 19.6 Å². The number of likely N-dealkylation sites (N-methyl/N-ethyl adjacent to an activating group) is 1. The highest BCUT2D eigenvalue weighted by atomic mass is 19.1. The standard InChI is InChI=1S/C15H21FN2O3/c1-17(2)10-15(20)7-8-18(11-15)14(19)9-21-13-5-3-12(16)4-6-13/h3-6,20H,7-11H2,1-2H3/t15-/m0/s1. The van der Waals surface area contributed by atoms with Crippen molar-refractivity contribution in [2.24, 2.45) is 0 Å². The van der Waals surface area contributed by atoms with E-state index in [0.29, 0.717) is 31.8 Å². The Morgan fingerprint density at radius 3 is 2.71 bits per heavy atom. The molecule has 0 radical (unpaired) electrons. The van der Waals surface area contributed by atoms with Gasteiger partial charge in [0.15, 0.2) is 6.61 Å². The molecule has 116 valence electrons. The second kappa shape index (κ2) is 6.41. The van der Waals surface area contributed by atoms with E-state index < -0.39 is 5.60 Å². The quantitative estimate of drug-likeness (QED) is 0.870. The largest absolute Gasteiger partial charge is 0.484 e. The van der Waals surface area contributed by atoms with Crippen molar-refractivity contribution >= 4 is 5.91 Å². The number of rotatable bonds is 5. The van der Waals surface area contributed by atoms with Crippen LogP contribution >= 0.6 is 0 Å². The molecule has 1 aromatic rings. The van der Waals surface area contributed by atoms with Crippen LogP contribution in [0.5, 0.6) is 5.75 Å². The van der Waals surface area contributed by atoms with Gasteiger partial charge in [-0.1, -0.05) is 0 Å². The van der Waals surface area contributed by atoms with Crippen LogP contribution in [0.15, 0.2) is 24.3 Å². The topological polar surface area (TPSA) is 53.0 Å². The van der Waals surface area contributed by atoms with Gasteiger partial charge in [-0.15, -0.1) is 0 Å².